The number of ether oxygens (including phenoxy) is 2. The van der Waals surface area contributed by atoms with Gasteiger partial charge in [0, 0.05) is 58.0 Å². The summed E-state index contributed by atoms with van der Waals surface area (Å²) in [5, 5.41) is 10.1. The maximum atomic E-state index is 14.1. The van der Waals surface area contributed by atoms with Crippen molar-refractivity contribution >= 4 is 17.5 Å². The van der Waals surface area contributed by atoms with Crippen LogP contribution in [0.1, 0.15) is 60.7 Å². The quantitative estimate of drug-likeness (QED) is 0.589. The molecule has 0 spiro atoms. The number of fused-ring (bicyclic) bond motifs is 1. The predicted octanol–water partition coefficient (Wildman–Crippen LogP) is 4.32. The topological polar surface area (TPSA) is 82.6 Å². The van der Waals surface area contributed by atoms with Gasteiger partial charge in [-0.25, -0.2) is 0 Å². The first-order valence-corrected chi connectivity index (χ1v) is 13.9. The molecule has 0 unspecified atom stereocenters. The molecule has 3 rings (SSSR count). The van der Waals surface area contributed by atoms with E-state index in [4.69, 9.17) is 9.47 Å². The molecule has 214 valence electrons. The van der Waals surface area contributed by atoms with Gasteiger partial charge >= 0.3 is 0 Å². The molecule has 1 N–H and O–H groups in total. The van der Waals surface area contributed by atoms with Crippen LogP contribution in [0.15, 0.2) is 48.5 Å². The number of likely N-dealkylation sites (N-methyl/N-ethyl adjacent to an activating group) is 1. The summed E-state index contributed by atoms with van der Waals surface area (Å²) in [7, 11) is 5.66. The van der Waals surface area contributed by atoms with Crippen LogP contribution in [0.3, 0.4) is 0 Å². The predicted molar refractivity (Wildman–Crippen MR) is 155 cm³/mol. The van der Waals surface area contributed by atoms with E-state index in [1.165, 1.54) is 0 Å². The SMILES string of the molecule is C[C@@H]1CN([C@@H](C)CO)C(=O)c2cc(N(C)C)ccc2O[C@@H](C)CCCCO[C@@H]1CN(C)C(=O)c1ccccc1. The molecule has 0 bridgehead atoms. The van der Waals surface area contributed by atoms with Crippen molar-refractivity contribution in [3.8, 4) is 5.75 Å². The Bertz CT molecular complexity index is 1080. The molecule has 2 aromatic rings. The molecule has 2 amide bonds. The van der Waals surface area contributed by atoms with Crippen molar-refractivity contribution in [2.75, 3.05) is 52.3 Å². The minimum absolute atomic E-state index is 0.0708. The summed E-state index contributed by atoms with van der Waals surface area (Å²) >= 11 is 0. The number of aliphatic hydroxyl groups is 1. The number of aliphatic hydroxyl groups excluding tert-OH is 1. The maximum absolute atomic E-state index is 14.1. The van der Waals surface area contributed by atoms with Crippen molar-refractivity contribution in [2.24, 2.45) is 5.92 Å². The van der Waals surface area contributed by atoms with Gasteiger partial charge in [-0.15, -0.1) is 0 Å². The normalized spacial score (nSPS) is 21.8. The highest BCUT2D eigenvalue weighted by atomic mass is 16.5. The Morgan fingerprint density at radius 3 is 2.49 bits per heavy atom. The molecule has 4 atom stereocenters. The zero-order chi connectivity index (χ0) is 28.5. The van der Waals surface area contributed by atoms with Crippen LogP contribution in [0.2, 0.25) is 0 Å². The van der Waals surface area contributed by atoms with Gasteiger partial charge in [0.25, 0.3) is 11.8 Å². The molecule has 1 aliphatic heterocycles. The van der Waals surface area contributed by atoms with E-state index in [0.29, 0.717) is 36.6 Å². The third kappa shape index (κ3) is 8.19. The Kier molecular flexibility index (Phi) is 11.2. The van der Waals surface area contributed by atoms with Crippen LogP contribution in [-0.4, -0.2) is 92.4 Å². The third-order valence-corrected chi connectivity index (χ3v) is 7.37. The molecule has 1 aliphatic rings. The van der Waals surface area contributed by atoms with E-state index in [9.17, 15) is 14.7 Å². The maximum Gasteiger partial charge on any atom is 0.258 e. The summed E-state index contributed by atoms with van der Waals surface area (Å²) in [4.78, 5) is 32.5. The zero-order valence-corrected chi connectivity index (χ0v) is 24.3. The van der Waals surface area contributed by atoms with Gasteiger partial charge in [0.15, 0.2) is 0 Å². The first-order chi connectivity index (χ1) is 18.6. The number of rotatable bonds is 6. The van der Waals surface area contributed by atoms with Crippen molar-refractivity contribution in [3.63, 3.8) is 0 Å². The van der Waals surface area contributed by atoms with Crippen LogP contribution < -0.4 is 9.64 Å². The van der Waals surface area contributed by atoms with Gasteiger partial charge in [0.05, 0.1) is 30.4 Å². The zero-order valence-electron chi connectivity index (χ0n) is 24.3. The summed E-state index contributed by atoms with van der Waals surface area (Å²) in [5.74, 6) is 0.189. The molecule has 2 aromatic carbocycles. The number of nitrogens with zero attached hydrogens (tertiary/aromatic N) is 3. The molecule has 39 heavy (non-hydrogen) atoms. The Balaban J connectivity index is 1.93. The fraction of sp³-hybridized carbons (Fsp3) is 0.548. The fourth-order valence-electron chi connectivity index (χ4n) is 4.81. The molecule has 1 heterocycles. The van der Waals surface area contributed by atoms with Gasteiger partial charge < -0.3 is 29.3 Å². The van der Waals surface area contributed by atoms with Gasteiger partial charge in [0.1, 0.15) is 5.75 Å². The number of anilines is 1. The Morgan fingerprint density at radius 2 is 1.82 bits per heavy atom. The van der Waals surface area contributed by atoms with E-state index in [2.05, 4.69) is 0 Å². The van der Waals surface area contributed by atoms with Gasteiger partial charge in [-0.2, -0.15) is 0 Å². The largest absolute Gasteiger partial charge is 0.490 e. The second-order valence-electron chi connectivity index (χ2n) is 10.9. The van der Waals surface area contributed by atoms with Gasteiger partial charge in [-0.05, 0) is 63.4 Å². The Hall–Kier alpha value is -3.10. The summed E-state index contributed by atoms with van der Waals surface area (Å²) in [6.07, 6.45) is 2.27. The molecular weight excluding hydrogens is 494 g/mol. The number of benzene rings is 2. The molecule has 0 fully saturated rings. The number of amides is 2. The average Bonchev–Trinajstić information content (AvgIpc) is 2.93. The fourth-order valence-corrected chi connectivity index (χ4v) is 4.81. The van der Waals surface area contributed by atoms with E-state index in [0.717, 1.165) is 24.9 Å². The number of hydrogen-bond donors (Lipinski definition) is 1. The van der Waals surface area contributed by atoms with E-state index in [1.54, 1.807) is 16.8 Å². The van der Waals surface area contributed by atoms with Crippen LogP contribution in [0.25, 0.3) is 0 Å². The van der Waals surface area contributed by atoms with Crippen LogP contribution in [0.5, 0.6) is 5.75 Å². The smallest absolute Gasteiger partial charge is 0.258 e. The highest BCUT2D eigenvalue weighted by Gasteiger charge is 2.31. The first-order valence-electron chi connectivity index (χ1n) is 13.9. The second-order valence-corrected chi connectivity index (χ2v) is 10.9. The summed E-state index contributed by atoms with van der Waals surface area (Å²) in [6.45, 7) is 7.04. The third-order valence-electron chi connectivity index (χ3n) is 7.37. The monoisotopic (exact) mass is 539 g/mol. The van der Waals surface area contributed by atoms with E-state index < -0.39 is 6.04 Å². The lowest BCUT2D eigenvalue weighted by Crippen LogP contribution is -2.48. The van der Waals surface area contributed by atoms with Crippen molar-refractivity contribution in [1.29, 1.82) is 0 Å². The van der Waals surface area contributed by atoms with Crippen molar-refractivity contribution in [3.05, 3.63) is 59.7 Å². The number of carbonyl (C=O) groups is 2. The lowest BCUT2D eigenvalue weighted by atomic mass is 10.0. The molecule has 0 aromatic heterocycles. The summed E-state index contributed by atoms with van der Waals surface area (Å²) < 4.78 is 12.6. The molecule has 0 radical (unpaired) electrons. The lowest BCUT2D eigenvalue weighted by Gasteiger charge is -2.36. The van der Waals surface area contributed by atoms with Crippen molar-refractivity contribution < 1.29 is 24.2 Å². The molecule has 0 aliphatic carbocycles. The lowest BCUT2D eigenvalue weighted by molar-refractivity contribution is -0.0149. The van der Waals surface area contributed by atoms with E-state index in [1.807, 2.05) is 88.3 Å². The highest BCUT2D eigenvalue weighted by Crippen LogP contribution is 2.29. The van der Waals surface area contributed by atoms with Crippen LogP contribution >= 0.6 is 0 Å². The molecule has 0 saturated heterocycles. The van der Waals surface area contributed by atoms with E-state index >= 15 is 0 Å². The average molecular weight is 540 g/mol. The van der Waals surface area contributed by atoms with Crippen molar-refractivity contribution in [1.82, 2.24) is 9.80 Å². The van der Waals surface area contributed by atoms with Gasteiger partial charge in [-0.3, -0.25) is 9.59 Å². The standard InChI is InChI=1S/C31H45N3O5/c1-22-19-34(23(2)21-35)31(37)27-18-26(32(4)5)15-16-28(27)39-24(3)12-10-11-17-38-29(22)20-33(6)30(36)25-13-8-7-9-14-25/h7-9,13-16,18,22-24,29,35H,10-12,17,19-21H2,1-6H3/t22-,23+,24+,29-/m1/s1. The first kappa shape index (κ1) is 30.4. The van der Waals surface area contributed by atoms with Crippen LogP contribution in [0, 0.1) is 5.92 Å². The Labute approximate surface area is 233 Å². The van der Waals surface area contributed by atoms with Crippen LogP contribution in [-0.2, 0) is 4.74 Å². The van der Waals surface area contributed by atoms with Gasteiger partial charge in [0.2, 0.25) is 0 Å². The second kappa shape index (κ2) is 14.3. The number of hydrogen-bond acceptors (Lipinski definition) is 6. The highest BCUT2D eigenvalue weighted by molar-refractivity contribution is 5.98. The minimum atomic E-state index is -0.412. The number of carbonyl (C=O) groups excluding carboxylic acids is 2. The molecule has 8 heteroatoms. The van der Waals surface area contributed by atoms with Gasteiger partial charge in [-0.1, -0.05) is 25.1 Å². The van der Waals surface area contributed by atoms with Crippen LogP contribution in [0.4, 0.5) is 5.69 Å². The van der Waals surface area contributed by atoms with Crippen molar-refractivity contribution in [2.45, 2.75) is 58.3 Å². The Morgan fingerprint density at radius 1 is 1.10 bits per heavy atom. The molecule has 0 saturated carbocycles. The van der Waals surface area contributed by atoms with E-state index in [-0.39, 0.29) is 36.5 Å². The summed E-state index contributed by atoms with van der Waals surface area (Å²) in [5.41, 5.74) is 2.00. The minimum Gasteiger partial charge on any atom is -0.490 e. The summed E-state index contributed by atoms with van der Waals surface area (Å²) in [6, 6.07) is 14.5. The molecule has 8 nitrogen and oxygen atoms in total. The molecular formula is C31H45N3O5.